The highest BCUT2D eigenvalue weighted by molar-refractivity contribution is 5.70. The molecule has 7 heteroatoms. The van der Waals surface area contributed by atoms with Crippen LogP contribution < -0.4 is 5.73 Å². The van der Waals surface area contributed by atoms with Gasteiger partial charge in [-0.05, 0) is 35.4 Å². The molecule has 0 saturated heterocycles. The third-order valence-corrected chi connectivity index (χ3v) is 2.64. The first-order valence-electron chi connectivity index (χ1n) is 5.32. The van der Waals surface area contributed by atoms with Crippen molar-refractivity contribution in [3.8, 4) is 11.1 Å². The van der Waals surface area contributed by atoms with Crippen molar-refractivity contribution in [3.05, 3.63) is 53.3 Å². The van der Waals surface area contributed by atoms with E-state index in [0.717, 1.165) is 12.1 Å². The van der Waals surface area contributed by atoms with Gasteiger partial charge in [0.25, 0.3) is 0 Å². The molecule has 2 N–H and O–H groups in total. The highest BCUT2D eigenvalue weighted by atomic mass is 19.4. The lowest BCUT2D eigenvalue weighted by Gasteiger charge is -2.14. The fraction of sp³-hybridized carbons (Fsp3) is 0.0769. The van der Waals surface area contributed by atoms with Crippen LogP contribution in [0.15, 0.2) is 30.3 Å². The highest BCUT2D eigenvalue weighted by Crippen LogP contribution is 2.38. The van der Waals surface area contributed by atoms with Crippen molar-refractivity contribution < 1.29 is 26.3 Å². The summed E-state index contributed by atoms with van der Waals surface area (Å²) in [4.78, 5) is 0. The summed E-state index contributed by atoms with van der Waals surface area (Å²) in [6.07, 6.45) is -4.76. The Hall–Kier alpha value is -2.18. The summed E-state index contributed by atoms with van der Waals surface area (Å²) in [5.74, 6) is -4.87. The fourth-order valence-corrected chi connectivity index (χ4v) is 1.76. The SMILES string of the molecule is Nc1ccc(-c2cc(F)c(F)c(F)c2)c(C(F)(F)F)c1. The first kappa shape index (κ1) is 14.2. The maximum absolute atomic E-state index is 13.1. The van der Waals surface area contributed by atoms with Crippen LogP contribution in [0.25, 0.3) is 11.1 Å². The first-order chi connectivity index (χ1) is 9.20. The van der Waals surface area contributed by atoms with Gasteiger partial charge in [0.15, 0.2) is 17.5 Å². The second-order valence-corrected chi connectivity index (χ2v) is 4.06. The molecule has 0 bridgehead atoms. The monoisotopic (exact) mass is 291 g/mol. The number of hydrogen-bond acceptors (Lipinski definition) is 1. The van der Waals surface area contributed by atoms with Crippen LogP contribution in [0.2, 0.25) is 0 Å². The number of hydrogen-bond donors (Lipinski definition) is 1. The zero-order valence-corrected chi connectivity index (χ0v) is 9.73. The van der Waals surface area contributed by atoms with Gasteiger partial charge < -0.3 is 5.73 Å². The number of rotatable bonds is 1. The number of nitrogen functional groups attached to an aromatic ring is 1. The van der Waals surface area contributed by atoms with Crippen molar-refractivity contribution in [2.75, 3.05) is 5.73 Å². The summed E-state index contributed by atoms with van der Waals surface area (Å²) >= 11 is 0. The minimum atomic E-state index is -4.76. The van der Waals surface area contributed by atoms with Gasteiger partial charge >= 0.3 is 6.18 Å². The Bertz CT molecular complexity index is 639. The summed E-state index contributed by atoms with van der Waals surface area (Å²) in [7, 11) is 0. The van der Waals surface area contributed by atoms with Gasteiger partial charge in [0, 0.05) is 5.69 Å². The van der Waals surface area contributed by atoms with E-state index in [4.69, 9.17) is 5.73 Å². The lowest BCUT2D eigenvalue weighted by atomic mass is 9.98. The molecule has 2 rings (SSSR count). The van der Waals surface area contributed by atoms with E-state index in [1.807, 2.05) is 0 Å². The predicted molar refractivity (Wildman–Crippen MR) is 61.2 cm³/mol. The molecule has 0 amide bonds. The van der Waals surface area contributed by atoms with Crippen LogP contribution in [0.5, 0.6) is 0 Å². The third kappa shape index (κ3) is 2.56. The molecule has 2 aromatic carbocycles. The molecule has 2 aromatic rings. The normalized spacial score (nSPS) is 11.7. The smallest absolute Gasteiger partial charge is 0.399 e. The van der Waals surface area contributed by atoms with Crippen molar-refractivity contribution in [1.29, 1.82) is 0 Å². The van der Waals surface area contributed by atoms with E-state index in [0.29, 0.717) is 18.2 Å². The molecular weight excluding hydrogens is 284 g/mol. The van der Waals surface area contributed by atoms with Gasteiger partial charge in [0.1, 0.15) is 0 Å². The molecule has 0 aliphatic rings. The van der Waals surface area contributed by atoms with E-state index in [9.17, 15) is 26.3 Å². The fourth-order valence-electron chi connectivity index (χ4n) is 1.76. The van der Waals surface area contributed by atoms with E-state index < -0.39 is 40.3 Å². The maximum atomic E-state index is 13.1. The van der Waals surface area contributed by atoms with E-state index in [-0.39, 0.29) is 5.69 Å². The van der Waals surface area contributed by atoms with Crippen molar-refractivity contribution in [2.24, 2.45) is 0 Å². The van der Waals surface area contributed by atoms with Crippen LogP contribution in [0, 0.1) is 17.5 Å². The van der Waals surface area contributed by atoms with Crippen molar-refractivity contribution in [3.63, 3.8) is 0 Å². The van der Waals surface area contributed by atoms with Gasteiger partial charge in [0.2, 0.25) is 0 Å². The molecule has 0 aliphatic carbocycles. The Morgan fingerprint density at radius 1 is 0.850 bits per heavy atom. The Morgan fingerprint density at radius 2 is 1.40 bits per heavy atom. The van der Waals surface area contributed by atoms with Crippen molar-refractivity contribution in [2.45, 2.75) is 6.18 Å². The Morgan fingerprint density at radius 3 is 1.90 bits per heavy atom. The van der Waals surface area contributed by atoms with Crippen LogP contribution in [-0.2, 0) is 6.18 Å². The average Bonchev–Trinajstić information content (AvgIpc) is 2.34. The summed E-state index contributed by atoms with van der Waals surface area (Å²) in [5, 5.41) is 0. The highest BCUT2D eigenvalue weighted by Gasteiger charge is 2.34. The Balaban J connectivity index is 2.70. The molecule has 0 unspecified atom stereocenters. The van der Waals surface area contributed by atoms with Crippen LogP contribution >= 0.6 is 0 Å². The largest absolute Gasteiger partial charge is 0.417 e. The lowest BCUT2D eigenvalue weighted by molar-refractivity contribution is -0.137. The van der Waals surface area contributed by atoms with Gasteiger partial charge in [-0.1, -0.05) is 6.07 Å². The molecule has 0 saturated carbocycles. The van der Waals surface area contributed by atoms with Crippen molar-refractivity contribution in [1.82, 2.24) is 0 Å². The predicted octanol–water partition coefficient (Wildman–Crippen LogP) is 4.37. The molecule has 0 heterocycles. The molecule has 0 fully saturated rings. The number of halogens is 6. The molecule has 0 aliphatic heterocycles. The van der Waals surface area contributed by atoms with Crippen LogP contribution in [-0.4, -0.2) is 0 Å². The first-order valence-corrected chi connectivity index (χ1v) is 5.32. The zero-order chi connectivity index (χ0) is 15.1. The average molecular weight is 291 g/mol. The summed E-state index contributed by atoms with van der Waals surface area (Å²) in [6.45, 7) is 0. The summed E-state index contributed by atoms with van der Waals surface area (Å²) in [5.41, 5.74) is 3.07. The molecule has 0 radical (unpaired) electrons. The molecule has 20 heavy (non-hydrogen) atoms. The number of nitrogens with two attached hydrogens (primary N) is 1. The minimum absolute atomic E-state index is 0.149. The molecule has 0 atom stereocenters. The number of benzene rings is 2. The molecular formula is C13H7F6N. The Kier molecular flexibility index (Phi) is 3.37. The van der Waals surface area contributed by atoms with E-state index in [2.05, 4.69) is 0 Å². The van der Waals surface area contributed by atoms with Gasteiger partial charge in [0.05, 0.1) is 5.56 Å². The second kappa shape index (κ2) is 4.73. The second-order valence-electron chi connectivity index (χ2n) is 4.06. The van der Waals surface area contributed by atoms with Gasteiger partial charge in [-0.15, -0.1) is 0 Å². The van der Waals surface area contributed by atoms with E-state index >= 15 is 0 Å². The summed E-state index contributed by atoms with van der Waals surface area (Å²) < 4.78 is 77.7. The molecule has 106 valence electrons. The minimum Gasteiger partial charge on any atom is -0.399 e. The van der Waals surface area contributed by atoms with Crippen LogP contribution in [0.3, 0.4) is 0 Å². The number of anilines is 1. The topological polar surface area (TPSA) is 26.0 Å². The number of alkyl halides is 3. The quantitative estimate of drug-likeness (QED) is 0.471. The van der Waals surface area contributed by atoms with Gasteiger partial charge in [-0.25, -0.2) is 13.2 Å². The van der Waals surface area contributed by atoms with Crippen LogP contribution in [0.1, 0.15) is 5.56 Å². The lowest BCUT2D eigenvalue weighted by Crippen LogP contribution is -2.08. The maximum Gasteiger partial charge on any atom is 0.417 e. The molecule has 0 aromatic heterocycles. The molecule has 0 spiro atoms. The molecule has 1 nitrogen and oxygen atoms in total. The standard InChI is InChI=1S/C13H7F6N/c14-10-3-6(4-11(15)12(10)16)8-2-1-7(20)5-9(8)13(17,18)19/h1-5H,20H2. The summed E-state index contributed by atoms with van der Waals surface area (Å²) in [6, 6.07) is 3.78. The van der Waals surface area contributed by atoms with Gasteiger partial charge in [-0.2, -0.15) is 13.2 Å². The van der Waals surface area contributed by atoms with E-state index in [1.165, 1.54) is 0 Å². The Labute approximate surface area is 109 Å². The van der Waals surface area contributed by atoms with Crippen molar-refractivity contribution >= 4 is 5.69 Å². The van der Waals surface area contributed by atoms with Gasteiger partial charge in [-0.3, -0.25) is 0 Å². The van der Waals surface area contributed by atoms with E-state index in [1.54, 1.807) is 0 Å². The zero-order valence-electron chi connectivity index (χ0n) is 9.73. The van der Waals surface area contributed by atoms with Crippen LogP contribution in [0.4, 0.5) is 32.0 Å². The third-order valence-electron chi connectivity index (χ3n) is 2.64.